The van der Waals surface area contributed by atoms with Gasteiger partial charge in [-0.1, -0.05) is 36.4 Å². The smallest absolute Gasteiger partial charge is 0.363 e. The molecule has 3 nitrogen and oxygen atoms in total. The van der Waals surface area contributed by atoms with E-state index < -0.39 is 5.97 Å². The quantitative estimate of drug-likeness (QED) is 0.611. The number of thiophene rings is 1. The molecule has 88 valence electrons. The molecule has 1 aliphatic heterocycles. The van der Waals surface area contributed by atoms with Crippen molar-refractivity contribution in [1.29, 1.82) is 0 Å². The molecule has 0 amide bonds. The average Bonchev–Trinajstić information content (AvgIpc) is 3.01. The van der Waals surface area contributed by atoms with Crippen molar-refractivity contribution < 1.29 is 9.53 Å². The Labute approximate surface area is 108 Å². The Kier molecular flexibility index (Phi) is 2.78. The van der Waals surface area contributed by atoms with Crippen LogP contribution in [-0.4, -0.2) is 11.9 Å². The summed E-state index contributed by atoms with van der Waals surface area (Å²) in [4.78, 5) is 16.8. The Bertz CT molecular complexity index is 627. The van der Waals surface area contributed by atoms with E-state index in [1.165, 1.54) is 11.3 Å². The zero-order valence-corrected chi connectivity index (χ0v) is 10.2. The van der Waals surface area contributed by atoms with Gasteiger partial charge in [0.25, 0.3) is 0 Å². The van der Waals surface area contributed by atoms with E-state index in [4.69, 9.17) is 4.74 Å². The minimum Gasteiger partial charge on any atom is -0.401 e. The number of ether oxygens (including phenoxy) is 1. The maximum absolute atomic E-state index is 11.7. The minimum absolute atomic E-state index is 0.338. The third-order valence-corrected chi connectivity index (χ3v) is 3.31. The molecule has 0 atom stereocenters. The summed E-state index contributed by atoms with van der Waals surface area (Å²) in [6.07, 6.45) is 1.73. The van der Waals surface area contributed by atoms with E-state index >= 15 is 0 Å². The molecule has 0 spiro atoms. The van der Waals surface area contributed by atoms with Crippen LogP contribution in [0.1, 0.15) is 10.4 Å². The Hall–Kier alpha value is -2.20. The monoisotopic (exact) mass is 255 g/mol. The number of carbonyl (C=O) groups excluding carboxylic acids is 1. The molecule has 4 heteroatoms. The fraction of sp³-hybridized carbons (Fsp3) is 0. The highest BCUT2D eigenvalue weighted by molar-refractivity contribution is 7.12. The summed E-state index contributed by atoms with van der Waals surface area (Å²) in [5.41, 5.74) is 1.27. The fourth-order valence-electron chi connectivity index (χ4n) is 1.62. The summed E-state index contributed by atoms with van der Waals surface area (Å²) in [6.45, 7) is 0. The van der Waals surface area contributed by atoms with Gasteiger partial charge in [-0.05, 0) is 23.1 Å². The van der Waals surface area contributed by atoms with Crippen molar-refractivity contribution in [2.45, 2.75) is 0 Å². The molecule has 18 heavy (non-hydrogen) atoms. The van der Waals surface area contributed by atoms with Crippen LogP contribution in [0.5, 0.6) is 0 Å². The lowest BCUT2D eigenvalue weighted by molar-refractivity contribution is -0.129. The maximum Gasteiger partial charge on any atom is 0.363 e. The van der Waals surface area contributed by atoms with Gasteiger partial charge < -0.3 is 4.74 Å². The number of benzene rings is 1. The van der Waals surface area contributed by atoms with Crippen molar-refractivity contribution >= 4 is 29.3 Å². The van der Waals surface area contributed by atoms with Crippen molar-refractivity contribution in [3.63, 3.8) is 0 Å². The van der Waals surface area contributed by atoms with Gasteiger partial charge in [0, 0.05) is 0 Å². The lowest BCUT2D eigenvalue weighted by atomic mass is 10.2. The Balaban J connectivity index is 1.94. The van der Waals surface area contributed by atoms with E-state index in [9.17, 15) is 4.79 Å². The van der Waals surface area contributed by atoms with E-state index in [1.807, 2.05) is 47.8 Å². The summed E-state index contributed by atoms with van der Waals surface area (Å²) in [6, 6.07) is 13.4. The number of esters is 1. The van der Waals surface area contributed by atoms with Crippen molar-refractivity contribution in [3.05, 3.63) is 64.0 Å². The second-order valence-corrected chi connectivity index (χ2v) is 4.67. The Morgan fingerprint density at radius 2 is 1.94 bits per heavy atom. The summed E-state index contributed by atoms with van der Waals surface area (Å²) < 4.78 is 5.14. The lowest BCUT2D eigenvalue weighted by Crippen LogP contribution is -2.03. The Morgan fingerprint density at radius 3 is 2.67 bits per heavy atom. The fourth-order valence-corrected chi connectivity index (χ4v) is 2.27. The first kappa shape index (κ1) is 10.9. The second-order valence-electron chi connectivity index (χ2n) is 3.72. The van der Waals surface area contributed by atoms with E-state index in [2.05, 4.69) is 4.99 Å². The summed E-state index contributed by atoms with van der Waals surface area (Å²) >= 11 is 1.50. The highest BCUT2D eigenvalue weighted by atomic mass is 32.1. The molecule has 0 bridgehead atoms. The highest BCUT2D eigenvalue weighted by Crippen LogP contribution is 2.21. The average molecular weight is 255 g/mol. The lowest BCUT2D eigenvalue weighted by Gasteiger charge is -1.93. The molecule has 0 radical (unpaired) electrons. The van der Waals surface area contributed by atoms with Gasteiger partial charge in [0.1, 0.15) is 0 Å². The van der Waals surface area contributed by atoms with Crippen LogP contribution in [0.3, 0.4) is 0 Å². The number of rotatable bonds is 2. The first-order valence-electron chi connectivity index (χ1n) is 5.44. The number of nitrogens with zero attached hydrogens (tertiary/aromatic N) is 1. The topological polar surface area (TPSA) is 38.7 Å². The van der Waals surface area contributed by atoms with Gasteiger partial charge in [-0.15, -0.1) is 11.3 Å². The molecule has 0 saturated carbocycles. The summed E-state index contributed by atoms with van der Waals surface area (Å²) in [5, 5.41) is 1.92. The molecule has 0 saturated heterocycles. The van der Waals surface area contributed by atoms with Crippen LogP contribution in [0.15, 0.2) is 58.5 Å². The van der Waals surface area contributed by atoms with Crippen LogP contribution in [0.2, 0.25) is 0 Å². The van der Waals surface area contributed by atoms with Gasteiger partial charge in [-0.2, -0.15) is 0 Å². The number of hydrogen-bond acceptors (Lipinski definition) is 4. The van der Waals surface area contributed by atoms with Gasteiger partial charge in [-0.3, -0.25) is 0 Å². The molecule has 1 aliphatic rings. The summed E-state index contributed by atoms with van der Waals surface area (Å²) in [7, 11) is 0. The van der Waals surface area contributed by atoms with E-state index in [1.54, 1.807) is 6.08 Å². The Morgan fingerprint density at radius 1 is 1.11 bits per heavy atom. The molecule has 0 unspecified atom stereocenters. The highest BCUT2D eigenvalue weighted by Gasteiger charge is 2.24. The SMILES string of the molecule is O=C1OC(c2cccs2)=NC1=Cc1ccccc1. The van der Waals surface area contributed by atoms with Crippen molar-refractivity contribution in [2.75, 3.05) is 0 Å². The molecule has 2 heterocycles. The van der Waals surface area contributed by atoms with Crippen molar-refractivity contribution in [3.8, 4) is 0 Å². The van der Waals surface area contributed by atoms with Gasteiger partial charge in [0.2, 0.25) is 5.90 Å². The standard InChI is InChI=1S/C14H9NO2S/c16-14-11(9-10-5-2-1-3-6-10)15-13(17-14)12-7-4-8-18-12/h1-9H. The van der Waals surface area contributed by atoms with Crippen LogP contribution in [0.4, 0.5) is 0 Å². The molecule has 0 fully saturated rings. The molecule has 1 aromatic heterocycles. The maximum atomic E-state index is 11.7. The number of aliphatic imine (C=N–C) groups is 1. The summed E-state index contributed by atoms with van der Waals surface area (Å²) in [5.74, 6) is -0.0144. The van der Waals surface area contributed by atoms with Gasteiger partial charge in [0.15, 0.2) is 5.70 Å². The van der Waals surface area contributed by atoms with Crippen LogP contribution in [0, 0.1) is 0 Å². The third kappa shape index (κ3) is 2.10. The van der Waals surface area contributed by atoms with Gasteiger partial charge in [0.05, 0.1) is 4.88 Å². The van der Waals surface area contributed by atoms with Gasteiger partial charge >= 0.3 is 5.97 Å². The van der Waals surface area contributed by atoms with Crippen LogP contribution in [0.25, 0.3) is 6.08 Å². The van der Waals surface area contributed by atoms with Crippen LogP contribution < -0.4 is 0 Å². The molecule has 3 rings (SSSR count). The number of hydrogen-bond donors (Lipinski definition) is 0. The second kappa shape index (κ2) is 4.58. The normalized spacial score (nSPS) is 16.8. The van der Waals surface area contributed by atoms with Gasteiger partial charge in [-0.25, -0.2) is 9.79 Å². The first-order valence-corrected chi connectivity index (χ1v) is 6.32. The molecular formula is C14H9NO2S. The van der Waals surface area contributed by atoms with Crippen molar-refractivity contribution in [2.24, 2.45) is 4.99 Å². The molecule has 2 aromatic rings. The number of carbonyl (C=O) groups is 1. The predicted molar refractivity (Wildman–Crippen MR) is 71.4 cm³/mol. The van der Waals surface area contributed by atoms with E-state index in [0.29, 0.717) is 11.6 Å². The third-order valence-electron chi connectivity index (χ3n) is 2.46. The zero-order valence-electron chi connectivity index (χ0n) is 9.37. The zero-order chi connectivity index (χ0) is 12.4. The van der Waals surface area contributed by atoms with E-state index in [-0.39, 0.29) is 0 Å². The molecule has 1 aromatic carbocycles. The van der Waals surface area contributed by atoms with E-state index in [0.717, 1.165) is 10.4 Å². The van der Waals surface area contributed by atoms with Crippen LogP contribution >= 0.6 is 11.3 Å². The molecule has 0 N–H and O–H groups in total. The predicted octanol–water partition coefficient (Wildman–Crippen LogP) is 3.09. The first-order chi connectivity index (χ1) is 8.83. The number of cyclic esters (lactones) is 1. The van der Waals surface area contributed by atoms with Crippen molar-refractivity contribution in [1.82, 2.24) is 0 Å². The molecule has 0 aliphatic carbocycles. The molecular weight excluding hydrogens is 246 g/mol. The van der Waals surface area contributed by atoms with Crippen LogP contribution in [-0.2, 0) is 9.53 Å². The largest absolute Gasteiger partial charge is 0.401 e. The minimum atomic E-state index is -0.401.